The van der Waals surface area contributed by atoms with Crippen LogP contribution in [0.4, 0.5) is 10.5 Å². The largest absolute Gasteiger partial charge is 0.397 e. The molecule has 0 aromatic carbocycles. The number of nitrogen functional groups attached to an aromatic ring is 1. The van der Waals surface area contributed by atoms with Crippen LogP contribution in [0.15, 0.2) is 23.4 Å². The van der Waals surface area contributed by atoms with Crippen LogP contribution in [0.5, 0.6) is 0 Å². The average molecular weight is 284 g/mol. The zero-order valence-corrected chi connectivity index (χ0v) is 11.3. The van der Waals surface area contributed by atoms with Gasteiger partial charge in [0.15, 0.2) is 0 Å². The molecule has 0 fully saturated rings. The van der Waals surface area contributed by atoms with Gasteiger partial charge in [0.2, 0.25) is 5.91 Å². The second-order valence-corrected chi connectivity index (χ2v) is 4.45. The fourth-order valence-corrected chi connectivity index (χ4v) is 1.84. The highest BCUT2D eigenvalue weighted by Gasteiger charge is 2.09. The average Bonchev–Trinajstić information content (AvgIpc) is 2.38. The van der Waals surface area contributed by atoms with E-state index < -0.39 is 11.9 Å². The number of rotatable bonds is 6. The maximum Gasteiger partial charge on any atom is 0.321 e. The summed E-state index contributed by atoms with van der Waals surface area (Å²) in [6, 6.07) is 2.87. The molecule has 0 aliphatic rings. The lowest BCUT2D eigenvalue weighted by Gasteiger charge is -2.06. The Kier molecular flexibility index (Phi) is 6.69. The second-order valence-electron chi connectivity index (χ2n) is 3.48. The Hall–Kier alpha value is -1.80. The number of ether oxygens (including phenoxy) is 1. The Labute approximate surface area is 115 Å². The number of methoxy groups -OCH3 is 1. The van der Waals surface area contributed by atoms with Gasteiger partial charge in [-0.05, 0) is 12.1 Å². The van der Waals surface area contributed by atoms with Gasteiger partial charge in [0.25, 0.3) is 0 Å². The molecule has 0 spiro atoms. The van der Waals surface area contributed by atoms with Crippen molar-refractivity contribution in [3.05, 3.63) is 18.3 Å². The number of urea groups is 1. The van der Waals surface area contributed by atoms with Gasteiger partial charge in [0, 0.05) is 19.9 Å². The molecule has 1 aromatic rings. The van der Waals surface area contributed by atoms with Crippen molar-refractivity contribution in [3.8, 4) is 0 Å². The van der Waals surface area contributed by atoms with Crippen molar-refractivity contribution in [2.45, 2.75) is 5.03 Å². The van der Waals surface area contributed by atoms with Crippen LogP contribution >= 0.6 is 11.8 Å². The molecule has 19 heavy (non-hydrogen) atoms. The zero-order valence-electron chi connectivity index (χ0n) is 10.5. The third-order valence-electron chi connectivity index (χ3n) is 1.99. The molecule has 0 atom stereocenters. The summed E-state index contributed by atoms with van der Waals surface area (Å²) in [5.74, 6) is -0.344. The molecule has 4 N–H and O–H groups in total. The molecule has 1 aromatic heterocycles. The number of carbonyl (C=O) groups excluding carboxylic acids is 2. The van der Waals surface area contributed by atoms with Crippen LogP contribution in [-0.2, 0) is 9.53 Å². The number of anilines is 1. The molecule has 1 heterocycles. The third-order valence-corrected chi connectivity index (χ3v) is 3.01. The fourth-order valence-electron chi connectivity index (χ4n) is 1.13. The predicted molar refractivity (Wildman–Crippen MR) is 72.8 cm³/mol. The van der Waals surface area contributed by atoms with Gasteiger partial charge in [0.05, 0.1) is 18.0 Å². The molecular weight excluding hydrogens is 268 g/mol. The van der Waals surface area contributed by atoms with Crippen LogP contribution in [0.25, 0.3) is 0 Å². The van der Waals surface area contributed by atoms with Gasteiger partial charge in [-0.1, -0.05) is 11.8 Å². The Morgan fingerprint density at radius 2 is 2.32 bits per heavy atom. The predicted octanol–water partition coefficient (Wildman–Crippen LogP) is 0.228. The lowest BCUT2D eigenvalue weighted by Crippen LogP contribution is -2.41. The molecule has 0 aliphatic heterocycles. The highest BCUT2D eigenvalue weighted by Crippen LogP contribution is 2.20. The summed E-state index contributed by atoms with van der Waals surface area (Å²) in [6.07, 6.45) is 1.59. The highest BCUT2D eigenvalue weighted by molar-refractivity contribution is 8.00. The lowest BCUT2D eigenvalue weighted by molar-refractivity contribution is -0.117. The summed E-state index contributed by atoms with van der Waals surface area (Å²) in [7, 11) is 1.53. The number of nitrogens with one attached hydrogen (secondary N) is 2. The minimum atomic E-state index is -0.545. The molecule has 0 saturated carbocycles. The number of nitrogens with zero attached hydrogens (tertiary/aromatic N) is 1. The fraction of sp³-hybridized carbons (Fsp3) is 0.364. The number of amides is 3. The van der Waals surface area contributed by atoms with Crippen LogP contribution < -0.4 is 16.4 Å². The topological polar surface area (TPSA) is 106 Å². The van der Waals surface area contributed by atoms with Crippen LogP contribution in [0.2, 0.25) is 0 Å². The van der Waals surface area contributed by atoms with E-state index >= 15 is 0 Å². The molecule has 3 amide bonds. The molecule has 8 heteroatoms. The summed E-state index contributed by atoms with van der Waals surface area (Å²) < 4.78 is 4.76. The number of nitrogens with two attached hydrogens (primary N) is 1. The van der Waals surface area contributed by atoms with Crippen molar-refractivity contribution < 1.29 is 14.3 Å². The van der Waals surface area contributed by atoms with Crippen molar-refractivity contribution in [1.29, 1.82) is 0 Å². The molecule has 0 saturated heterocycles. The van der Waals surface area contributed by atoms with Gasteiger partial charge >= 0.3 is 6.03 Å². The van der Waals surface area contributed by atoms with E-state index in [0.717, 1.165) is 0 Å². The first-order chi connectivity index (χ1) is 9.13. The number of pyridine rings is 1. The maximum atomic E-state index is 11.5. The summed E-state index contributed by atoms with van der Waals surface area (Å²) in [6.45, 7) is 0.733. The van der Waals surface area contributed by atoms with Crippen LogP contribution in [0, 0.1) is 0 Å². The van der Waals surface area contributed by atoms with Gasteiger partial charge in [-0.2, -0.15) is 0 Å². The van der Waals surface area contributed by atoms with Crippen LogP contribution in [0.3, 0.4) is 0 Å². The Bertz CT molecular complexity index is 442. The van der Waals surface area contributed by atoms with E-state index in [9.17, 15) is 9.59 Å². The third kappa shape index (κ3) is 6.07. The van der Waals surface area contributed by atoms with Gasteiger partial charge in [-0.3, -0.25) is 10.1 Å². The SMILES string of the molecule is COCCNC(=O)NC(=O)CSc1ncccc1N. The van der Waals surface area contributed by atoms with E-state index in [4.69, 9.17) is 10.5 Å². The van der Waals surface area contributed by atoms with Gasteiger partial charge < -0.3 is 15.8 Å². The van der Waals surface area contributed by atoms with E-state index in [1.165, 1.54) is 18.9 Å². The van der Waals surface area contributed by atoms with Crippen molar-refractivity contribution in [3.63, 3.8) is 0 Å². The molecule has 104 valence electrons. The lowest BCUT2D eigenvalue weighted by atomic mass is 10.4. The van der Waals surface area contributed by atoms with E-state index in [-0.39, 0.29) is 5.75 Å². The second kappa shape index (κ2) is 8.33. The Morgan fingerprint density at radius 1 is 1.53 bits per heavy atom. The first-order valence-corrected chi connectivity index (χ1v) is 6.52. The normalized spacial score (nSPS) is 9.95. The molecule has 0 radical (unpaired) electrons. The molecule has 0 aliphatic carbocycles. The number of aromatic nitrogens is 1. The van der Waals surface area contributed by atoms with Crippen LogP contribution in [0.1, 0.15) is 0 Å². The number of hydrogen-bond donors (Lipinski definition) is 3. The molecule has 0 unspecified atom stereocenters. The first kappa shape index (κ1) is 15.3. The van der Waals surface area contributed by atoms with E-state index in [1.807, 2.05) is 0 Å². The molecule has 1 rings (SSSR count). The number of carbonyl (C=O) groups is 2. The van der Waals surface area contributed by atoms with E-state index in [0.29, 0.717) is 23.9 Å². The van der Waals surface area contributed by atoms with Gasteiger partial charge in [-0.25, -0.2) is 9.78 Å². The summed E-state index contributed by atoms with van der Waals surface area (Å²) in [5.41, 5.74) is 6.19. The summed E-state index contributed by atoms with van der Waals surface area (Å²) in [4.78, 5) is 26.8. The molecule has 7 nitrogen and oxygen atoms in total. The van der Waals surface area contributed by atoms with Crippen molar-refractivity contribution in [2.75, 3.05) is 31.7 Å². The van der Waals surface area contributed by atoms with Gasteiger partial charge in [-0.15, -0.1) is 0 Å². The minimum absolute atomic E-state index is 0.0684. The standard InChI is InChI=1S/C11H16N4O3S/c1-18-6-5-14-11(17)15-9(16)7-19-10-8(12)3-2-4-13-10/h2-4H,5-7,12H2,1H3,(H2,14,15,16,17). The number of imide groups is 1. The Morgan fingerprint density at radius 3 is 3.00 bits per heavy atom. The Balaban J connectivity index is 2.28. The molecule has 0 bridgehead atoms. The van der Waals surface area contributed by atoms with Crippen molar-refractivity contribution in [2.24, 2.45) is 0 Å². The van der Waals surface area contributed by atoms with Gasteiger partial charge in [0.1, 0.15) is 5.03 Å². The maximum absolute atomic E-state index is 11.5. The number of thioether (sulfide) groups is 1. The monoisotopic (exact) mass is 284 g/mol. The van der Waals surface area contributed by atoms with Crippen molar-refractivity contribution in [1.82, 2.24) is 15.6 Å². The van der Waals surface area contributed by atoms with Crippen molar-refractivity contribution >= 4 is 29.4 Å². The first-order valence-electron chi connectivity index (χ1n) is 5.53. The highest BCUT2D eigenvalue weighted by atomic mass is 32.2. The summed E-state index contributed by atoms with van der Waals surface area (Å²) >= 11 is 1.17. The summed E-state index contributed by atoms with van der Waals surface area (Å²) in [5, 5.41) is 5.24. The van der Waals surface area contributed by atoms with E-state index in [1.54, 1.807) is 18.3 Å². The minimum Gasteiger partial charge on any atom is -0.397 e. The molecular formula is C11H16N4O3S. The quantitative estimate of drug-likeness (QED) is 0.510. The number of hydrogen-bond acceptors (Lipinski definition) is 6. The van der Waals surface area contributed by atoms with Crippen LogP contribution in [-0.4, -0.2) is 42.9 Å². The van der Waals surface area contributed by atoms with E-state index in [2.05, 4.69) is 15.6 Å². The zero-order chi connectivity index (χ0) is 14.1. The smallest absolute Gasteiger partial charge is 0.321 e.